The van der Waals surface area contributed by atoms with Gasteiger partial charge in [-0.1, -0.05) is 48.5 Å². The predicted octanol–water partition coefficient (Wildman–Crippen LogP) is 6.67. The molecule has 5 saturated carbocycles. The van der Waals surface area contributed by atoms with Crippen LogP contribution in [-0.2, 0) is 9.47 Å². The Hall–Kier alpha value is -0.850. The minimum atomic E-state index is -0.287. The lowest BCUT2D eigenvalue weighted by atomic mass is 9.41. The highest BCUT2D eigenvalue weighted by atomic mass is 16.6. The molecule has 234 valence electrons. The quantitative estimate of drug-likeness (QED) is 0.356. The zero-order valence-corrected chi connectivity index (χ0v) is 27.2. The van der Waals surface area contributed by atoms with Gasteiger partial charge in [0.2, 0.25) is 0 Å². The van der Waals surface area contributed by atoms with Crippen LogP contribution in [0, 0.1) is 56.7 Å². The van der Waals surface area contributed by atoms with E-state index in [-0.39, 0.29) is 52.7 Å². The number of nitrogens with zero attached hydrogens (tertiary/aromatic N) is 1. The highest BCUT2D eigenvalue weighted by Crippen LogP contribution is 2.89. The molecule has 2 N–H and O–H groups in total. The Morgan fingerprint density at radius 3 is 2.20 bits per heavy atom. The number of methoxy groups -OCH3 is 1. The third-order valence-electron chi connectivity index (χ3n) is 15.2. The lowest BCUT2D eigenvalue weighted by Crippen LogP contribution is -2.59. The number of aliphatic hydroxyl groups is 2. The molecule has 0 radical (unpaired) electrons. The molecule has 6 heteroatoms. The van der Waals surface area contributed by atoms with E-state index in [0.29, 0.717) is 34.5 Å². The van der Waals surface area contributed by atoms with Crippen LogP contribution in [0.1, 0.15) is 113 Å². The molecule has 1 heterocycles. The fraction of sp³-hybridized carbons (Fsp3) is 0.971. The van der Waals surface area contributed by atoms with Gasteiger partial charge in [-0.25, -0.2) is 4.79 Å². The molecular weight excluding hydrogens is 514 g/mol. The molecule has 6 aliphatic rings. The van der Waals surface area contributed by atoms with Crippen molar-refractivity contribution in [2.24, 2.45) is 56.7 Å². The molecule has 1 saturated heterocycles. The number of likely N-dealkylation sites (tertiary alicyclic amines) is 1. The molecule has 2 spiro atoms. The molecule has 12 atom stereocenters. The van der Waals surface area contributed by atoms with E-state index in [0.717, 1.165) is 38.8 Å². The lowest BCUT2D eigenvalue weighted by Gasteiger charge is -2.63. The van der Waals surface area contributed by atoms with Crippen molar-refractivity contribution >= 4 is 6.09 Å². The average Bonchev–Trinajstić information content (AvgIpc) is 3.50. The van der Waals surface area contributed by atoms with Gasteiger partial charge in [-0.2, -0.15) is 0 Å². The number of carbonyl (C=O) groups excluding carboxylic acids is 1. The maximum absolute atomic E-state index is 12.8. The Morgan fingerprint density at radius 2 is 1.59 bits per heavy atom. The van der Waals surface area contributed by atoms with Gasteiger partial charge in [0.1, 0.15) is 6.10 Å². The van der Waals surface area contributed by atoms with Crippen molar-refractivity contribution in [2.45, 2.75) is 137 Å². The summed E-state index contributed by atoms with van der Waals surface area (Å²) >= 11 is 0. The smallest absolute Gasteiger partial charge is 0.410 e. The van der Waals surface area contributed by atoms with E-state index >= 15 is 0 Å². The van der Waals surface area contributed by atoms with Crippen molar-refractivity contribution in [1.82, 2.24) is 4.90 Å². The highest BCUT2D eigenvalue weighted by Gasteiger charge is 2.83. The second kappa shape index (κ2) is 9.83. The lowest BCUT2D eigenvalue weighted by molar-refractivity contribution is -0.182. The Kier molecular flexibility index (Phi) is 7.23. The maximum Gasteiger partial charge on any atom is 0.410 e. The fourth-order valence-electron chi connectivity index (χ4n) is 12.5. The maximum atomic E-state index is 12.8. The second-order valence-corrected chi connectivity index (χ2v) is 17.0. The average molecular weight is 574 g/mol. The van der Waals surface area contributed by atoms with Gasteiger partial charge >= 0.3 is 6.09 Å². The second-order valence-electron chi connectivity index (χ2n) is 17.0. The normalized spacial score (nSPS) is 48.2. The number of hydrogen-bond acceptors (Lipinski definition) is 5. The number of aliphatic hydroxyl groups excluding tert-OH is 2. The van der Waals surface area contributed by atoms with E-state index in [2.05, 4.69) is 48.5 Å². The zero-order valence-electron chi connectivity index (χ0n) is 27.2. The molecule has 6 rings (SSSR count). The number of carbonyl (C=O) groups is 1. The van der Waals surface area contributed by atoms with E-state index in [4.69, 9.17) is 9.47 Å². The van der Waals surface area contributed by atoms with Crippen molar-refractivity contribution in [3.05, 3.63) is 0 Å². The van der Waals surface area contributed by atoms with Gasteiger partial charge in [0, 0.05) is 25.6 Å². The summed E-state index contributed by atoms with van der Waals surface area (Å²) in [5.41, 5.74) is 0.688. The van der Waals surface area contributed by atoms with Crippen molar-refractivity contribution in [1.29, 1.82) is 0 Å². The van der Waals surface area contributed by atoms with E-state index in [1.54, 1.807) is 12.0 Å². The molecule has 0 bridgehead atoms. The minimum Gasteiger partial charge on any atom is -0.443 e. The molecule has 0 aromatic carbocycles. The topological polar surface area (TPSA) is 79.2 Å². The van der Waals surface area contributed by atoms with Crippen LogP contribution in [0.5, 0.6) is 0 Å². The third-order valence-corrected chi connectivity index (χ3v) is 15.2. The SMILES string of the molecule is COC(C[C@@H](C)[C@H]1C[C@H](O)[C@@]2(C)C3CC[C@H]4C(C)(C)C(O)CCC45CC35CCC12C)C(OC(=O)N1CCC1)C(C)C. The Bertz CT molecular complexity index is 1030. The molecule has 1 amide bonds. The third kappa shape index (κ3) is 3.94. The van der Waals surface area contributed by atoms with Crippen molar-refractivity contribution in [3.63, 3.8) is 0 Å². The first-order valence-electron chi connectivity index (χ1n) is 17.0. The van der Waals surface area contributed by atoms with Gasteiger partial charge in [0.15, 0.2) is 0 Å². The van der Waals surface area contributed by atoms with Gasteiger partial charge in [-0.3, -0.25) is 0 Å². The summed E-state index contributed by atoms with van der Waals surface area (Å²) < 4.78 is 12.1. The number of amides is 1. The van der Waals surface area contributed by atoms with Crippen LogP contribution in [-0.4, -0.2) is 65.8 Å². The number of hydrogen-bond donors (Lipinski definition) is 2. The number of ether oxygens (including phenoxy) is 2. The van der Waals surface area contributed by atoms with Crippen LogP contribution in [0.15, 0.2) is 0 Å². The van der Waals surface area contributed by atoms with E-state index in [1.165, 1.54) is 38.5 Å². The Labute approximate surface area is 249 Å². The van der Waals surface area contributed by atoms with Crippen LogP contribution >= 0.6 is 0 Å². The van der Waals surface area contributed by atoms with E-state index < -0.39 is 0 Å². The first-order valence-corrected chi connectivity index (χ1v) is 17.0. The molecule has 0 aromatic heterocycles. The molecule has 0 aromatic rings. The molecule has 1 aliphatic heterocycles. The van der Waals surface area contributed by atoms with Crippen LogP contribution in [0.4, 0.5) is 4.79 Å². The summed E-state index contributed by atoms with van der Waals surface area (Å²) in [6, 6.07) is 0. The van der Waals surface area contributed by atoms with Crippen LogP contribution in [0.2, 0.25) is 0 Å². The fourth-order valence-corrected chi connectivity index (χ4v) is 12.5. The summed E-state index contributed by atoms with van der Waals surface area (Å²) in [5.74, 6) is 2.09. The predicted molar refractivity (Wildman–Crippen MR) is 160 cm³/mol. The first kappa shape index (κ1) is 30.2. The van der Waals surface area contributed by atoms with Gasteiger partial charge < -0.3 is 24.6 Å². The molecule has 41 heavy (non-hydrogen) atoms. The van der Waals surface area contributed by atoms with Crippen molar-refractivity contribution in [3.8, 4) is 0 Å². The monoisotopic (exact) mass is 573 g/mol. The molecule has 6 nitrogen and oxygen atoms in total. The van der Waals surface area contributed by atoms with Crippen LogP contribution < -0.4 is 0 Å². The molecule has 5 aliphatic carbocycles. The highest BCUT2D eigenvalue weighted by molar-refractivity contribution is 5.68. The van der Waals surface area contributed by atoms with E-state index in [1.807, 2.05) is 0 Å². The van der Waals surface area contributed by atoms with Crippen molar-refractivity contribution in [2.75, 3.05) is 20.2 Å². The number of fused-ring (bicyclic) bond motifs is 2. The zero-order chi connectivity index (χ0) is 29.8. The summed E-state index contributed by atoms with van der Waals surface area (Å²) in [7, 11) is 1.76. The van der Waals surface area contributed by atoms with E-state index in [9.17, 15) is 15.0 Å². The van der Waals surface area contributed by atoms with Crippen LogP contribution in [0.3, 0.4) is 0 Å². The summed E-state index contributed by atoms with van der Waals surface area (Å²) in [6.45, 7) is 17.8. The van der Waals surface area contributed by atoms with Gasteiger partial charge in [-0.15, -0.1) is 0 Å². The largest absolute Gasteiger partial charge is 0.443 e. The molecule has 6 fully saturated rings. The van der Waals surface area contributed by atoms with Gasteiger partial charge in [0.25, 0.3) is 0 Å². The van der Waals surface area contributed by atoms with Crippen molar-refractivity contribution < 1.29 is 24.5 Å². The van der Waals surface area contributed by atoms with Gasteiger partial charge in [0.05, 0.1) is 18.3 Å². The standard InChI is InChI=1S/C35H59NO5/c1-21(2)29(41-30(39)36-16-9-17-36)24(40-8)18-22(3)23-19-28(38)33(7)26-11-10-25-31(4,5)27(37)12-13-34(25)20-35(26,34)15-14-32(23,33)6/h21-29,37-38H,9-20H2,1-8H3/t22-,23-,24?,25+,26?,27?,28+,29?,32?,33-,34?,35?/m1/s1. The Morgan fingerprint density at radius 1 is 0.927 bits per heavy atom. The summed E-state index contributed by atoms with van der Waals surface area (Å²) in [4.78, 5) is 14.5. The summed E-state index contributed by atoms with van der Waals surface area (Å²) in [6.07, 6.45) is 9.90. The first-order chi connectivity index (χ1) is 19.2. The molecular formula is C35H59NO5. The minimum absolute atomic E-state index is 0.0130. The van der Waals surface area contributed by atoms with Gasteiger partial charge in [-0.05, 0) is 115 Å². The molecule has 7 unspecified atom stereocenters. The Balaban J connectivity index is 1.22. The number of rotatable bonds is 7. The summed E-state index contributed by atoms with van der Waals surface area (Å²) in [5, 5.41) is 23.0. The van der Waals surface area contributed by atoms with Crippen LogP contribution in [0.25, 0.3) is 0 Å².